The van der Waals surface area contributed by atoms with E-state index >= 15 is 0 Å². The SMILES string of the molecule is CN=C(NCCN(C)Cc1ccccc1)N1CCN(C(C)C(=O)N2CCCC2)CC1.I. The first-order chi connectivity index (χ1) is 14.6. The Morgan fingerprint density at radius 2 is 1.71 bits per heavy atom. The van der Waals surface area contributed by atoms with Crippen molar-refractivity contribution < 1.29 is 4.79 Å². The molecule has 1 atom stereocenters. The zero-order chi connectivity index (χ0) is 21.3. The number of halogens is 1. The Balaban J connectivity index is 0.00000341. The van der Waals surface area contributed by atoms with E-state index in [1.807, 2.05) is 11.9 Å². The first-order valence-corrected chi connectivity index (χ1v) is 11.3. The van der Waals surface area contributed by atoms with Crippen molar-refractivity contribution in [3.05, 3.63) is 35.9 Å². The number of rotatable bonds is 7. The third-order valence-corrected chi connectivity index (χ3v) is 6.22. The van der Waals surface area contributed by atoms with Crippen molar-refractivity contribution in [1.82, 2.24) is 24.9 Å². The van der Waals surface area contributed by atoms with E-state index < -0.39 is 0 Å². The minimum Gasteiger partial charge on any atom is -0.355 e. The number of likely N-dealkylation sites (N-methyl/N-ethyl adjacent to an activating group) is 1. The van der Waals surface area contributed by atoms with Crippen LogP contribution in [-0.4, -0.2) is 104 Å². The topological polar surface area (TPSA) is 54.4 Å². The summed E-state index contributed by atoms with van der Waals surface area (Å²) in [5, 5.41) is 3.51. The van der Waals surface area contributed by atoms with Crippen LogP contribution in [0.3, 0.4) is 0 Å². The van der Waals surface area contributed by atoms with E-state index in [0.717, 1.165) is 77.7 Å². The first-order valence-electron chi connectivity index (χ1n) is 11.3. The number of likely N-dealkylation sites (tertiary alicyclic amines) is 1. The highest BCUT2D eigenvalue weighted by atomic mass is 127. The second kappa shape index (κ2) is 13.2. The molecular formula is C23H39IN6O. The number of guanidine groups is 1. The zero-order valence-electron chi connectivity index (χ0n) is 19.3. The maximum absolute atomic E-state index is 12.7. The number of hydrogen-bond donors (Lipinski definition) is 1. The number of piperazine rings is 1. The molecule has 0 aromatic heterocycles. The van der Waals surface area contributed by atoms with Crippen molar-refractivity contribution in [2.24, 2.45) is 4.99 Å². The van der Waals surface area contributed by atoms with Gasteiger partial charge in [0.2, 0.25) is 5.91 Å². The highest BCUT2D eigenvalue weighted by Gasteiger charge is 2.30. The summed E-state index contributed by atoms with van der Waals surface area (Å²) < 4.78 is 0. The molecule has 8 heteroatoms. The third-order valence-electron chi connectivity index (χ3n) is 6.22. The summed E-state index contributed by atoms with van der Waals surface area (Å²) in [5.41, 5.74) is 1.33. The molecule has 2 fully saturated rings. The fourth-order valence-electron chi connectivity index (χ4n) is 4.34. The van der Waals surface area contributed by atoms with Crippen LogP contribution in [0, 0.1) is 0 Å². The van der Waals surface area contributed by atoms with Crippen molar-refractivity contribution >= 4 is 35.8 Å². The Kier molecular flexibility index (Phi) is 11.0. The molecule has 0 aliphatic carbocycles. The van der Waals surface area contributed by atoms with Gasteiger partial charge in [0.25, 0.3) is 0 Å². The number of amides is 1. The molecule has 0 radical (unpaired) electrons. The molecule has 1 aromatic rings. The molecule has 2 saturated heterocycles. The van der Waals surface area contributed by atoms with Crippen LogP contribution in [0.1, 0.15) is 25.3 Å². The van der Waals surface area contributed by atoms with Crippen molar-refractivity contribution in [3.8, 4) is 0 Å². The predicted octanol–water partition coefficient (Wildman–Crippen LogP) is 1.94. The molecule has 1 amide bonds. The first kappa shape index (κ1) is 25.9. The monoisotopic (exact) mass is 542 g/mol. The van der Waals surface area contributed by atoms with Crippen LogP contribution < -0.4 is 5.32 Å². The van der Waals surface area contributed by atoms with Gasteiger partial charge in [-0.15, -0.1) is 24.0 Å². The number of carbonyl (C=O) groups is 1. The van der Waals surface area contributed by atoms with Gasteiger partial charge in [0, 0.05) is 66.0 Å². The van der Waals surface area contributed by atoms with Gasteiger partial charge in [0.1, 0.15) is 0 Å². The Labute approximate surface area is 204 Å². The van der Waals surface area contributed by atoms with Crippen LogP contribution in [0.25, 0.3) is 0 Å². The number of hydrogen-bond acceptors (Lipinski definition) is 4. The fraction of sp³-hybridized carbons (Fsp3) is 0.652. The Morgan fingerprint density at radius 3 is 2.32 bits per heavy atom. The molecule has 174 valence electrons. The molecule has 2 aliphatic heterocycles. The van der Waals surface area contributed by atoms with Crippen LogP contribution >= 0.6 is 24.0 Å². The van der Waals surface area contributed by atoms with E-state index in [9.17, 15) is 4.79 Å². The quantitative estimate of drug-likeness (QED) is 0.325. The molecule has 31 heavy (non-hydrogen) atoms. The van der Waals surface area contributed by atoms with Gasteiger partial charge >= 0.3 is 0 Å². The van der Waals surface area contributed by atoms with Gasteiger partial charge in [-0.05, 0) is 32.4 Å². The maximum Gasteiger partial charge on any atom is 0.239 e. The van der Waals surface area contributed by atoms with Crippen LogP contribution in [0.15, 0.2) is 35.3 Å². The van der Waals surface area contributed by atoms with Gasteiger partial charge in [0.15, 0.2) is 5.96 Å². The van der Waals surface area contributed by atoms with Gasteiger partial charge in [-0.3, -0.25) is 14.7 Å². The molecule has 2 heterocycles. The molecule has 1 aromatic carbocycles. The molecule has 7 nitrogen and oxygen atoms in total. The van der Waals surface area contributed by atoms with E-state index in [2.05, 4.69) is 69.3 Å². The summed E-state index contributed by atoms with van der Waals surface area (Å²) >= 11 is 0. The van der Waals surface area contributed by atoms with Gasteiger partial charge in [0.05, 0.1) is 6.04 Å². The van der Waals surface area contributed by atoms with Crippen molar-refractivity contribution in [2.75, 3.05) is 66.5 Å². The van der Waals surface area contributed by atoms with E-state index in [4.69, 9.17) is 0 Å². The summed E-state index contributed by atoms with van der Waals surface area (Å²) in [5.74, 6) is 1.26. The van der Waals surface area contributed by atoms with E-state index in [0.29, 0.717) is 5.91 Å². The highest BCUT2D eigenvalue weighted by molar-refractivity contribution is 14.0. The molecule has 1 N–H and O–H groups in total. The smallest absolute Gasteiger partial charge is 0.239 e. The summed E-state index contributed by atoms with van der Waals surface area (Å²) in [6, 6.07) is 10.5. The summed E-state index contributed by atoms with van der Waals surface area (Å²) in [6.45, 7) is 10.3. The van der Waals surface area contributed by atoms with Crippen molar-refractivity contribution in [3.63, 3.8) is 0 Å². The number of nitrogens with zero attached hydrogens (tertiary/aromatic N) is 5. The maximum atomic E-state index is 12.7. The van der Waals surface area contributed by atoms with Gasteiger partial charge < -0.3 is 20.0 Å². The highest BCUT2D eigenvalue weighted by Crippen LogP contribution is 2.14. The standard InChI is InChI=1S/C23H38N6O.HI/c1-20(22(30)28-12-7-8-13-28)27-15-17-29(18-16-27)23(24-2)25-11-14-26(3)19-21-9-5-4-6-10-21;/h4-6,9-10,20H,7-8,11-19H2,1-3H3,(H,24,25);1H. The Hall–Kier alpha value is -1.39. The number of carbonyl (C=O) groups excluding carboxylic acids is 1. The normalized spacial score (nSPS) is 18.8. The molecule has 1 unspecified atom stereocenters. The predicted molar refractivity (Wildman–Crippen MR) is 138 cm³/mol. The van der Waals surface area contributed by atoms with Gasteiger partial charge in [-0.2, -0.15) is 0 Å². The molecule has 2 aliphatic rings. The largest absolute Gasteiger partial charge is 0.355 e. The lowest BCUT2D eigenvalue weighted by Crippen LogP contribution is -2.57. The van der Waals surface area contributed by atoms with Crippen LogP contribution in [0.2, 0.25) is 0 Å². The van der Waals surface area contributed by atoms with E-state index in [1.165, 1.54) is 5.56 Å². The Bertz CT molecular complexity index is 687. The lowest BCUT2D eigenvalue weighted by atomic mass is 10.2. The third kappa shape index (κ3) is 7.61. The molecule has 0 spiro atoms. The minimum atomic E-state index is -0.0214. The van der Waals surface area contributed by atoms with Gasteiger partial charge in [-0.1, -0.05) is 30.3 Å². The molecule has 0 bridgehead atoms. The number of aliphatic imine (C=N–C) groups is 1. The lowest BCUT2D eigenvalue weighted by molar-refractivity contribution is -0.135. The minimum absolute atomic E-state index is 0. The zero-order valence-corrected chi connectivity index (χ0v) is 21.6. The summed E-state index contributed by atoms with van der Waals surface area (Å²) in [4.78, 5) is 26.1. The van der Waals surface area contributed by atoms with Gasteiger partial charge in [-0.25, -0.2) is 0 Å². The van der Waals surface area contributed by atoms with Crippen LogP contribution in [-0.2, 0) is 11.3 Å². The second-order valence-corrected chi connectivity index (χ2v) is 8.43. The number of benzene rings is 1. The molecule has 0 saturated carbocycles. The van der Waals surface area contributed by atoms with Crippen LogP contribution in [0.4, 0.5) is 0 Å². The average molecular weight is 543 g/mol. The summed E-state index contributed by atoms with van der Waals surface area (Å²) in [6.07, 6.45) is 2.30. The van der Waals surface area contributed by atoms with Crippen molar-refractivity contribution in [1.29, 1.82) is 0 Å². The van der Waals surface area contributed by atoms with E-state index in [-0.39, 0.29) is 30.0 Å². The molecule has 3 rings (SSSR count). The Morgan fingerprint density at radius 1 is 1.06 bits per heavy atom. The fourth-order valence-corrected chi connectivity index (χ4v) is 4.34. The van der Waals surface area contributed by atoms with Crippen LogP contribution in [0.5, 0.6) is 0 Å². The number of nitrogens with one attached hydrogen (secondary N) is 1. The second-order valence-electron chi connectivity index (χ2n) is 8.43. The average Bonchev–Trinajstić information content (AvgIpc) is 3.31. The van der Waals surface area contributed by atoms with E-state index in [1.54, 1.807) is 0 Å². The van der Waals surface area contributed by atoms with Crippen molar-refractivity contribution in [2.45, 2.75) is 32.4 Å². The lowest BCUT2D eigenvalue weighted by Gasteiger charge is -2.39. The molecular weight excluding hydrogens is 503 g/mol. The summed E-state index contributed by atoms with van der Waals surface area (Å²) in [7, 11) is 4.00.